The van der Waals surface area contributed by atoms with Crippen LogP contribution in [0.5, 0.6) is 0 Å². The number of hydrogen-bond acceptors (Lipinski definition) is 6. The molecule has 0 saturated carbocycles. The monoisotopic (exact) mass is 1140 g/mol. The van der Waals surface area contributed by atoms with Gasteiger partial charge in [-0.15, -0.1) is 0 Å². The van der Waals surface area contributed by atoms with Crippen molar-refractivity contribution in [3.8, 4) is 0 Å². The summed E-state index contributed by atoms with van der Waals surface area (Å²) < 4.78 is 16.9. The van der Waals surface area contributed by atoms with Crippen molar-refractivity contribution in [1.29, 1.82) is 0 Å². The van der Waals surface area contributed by atoms with Crippen LogP contribution in [0.2, 0.25) is 0 Å². The van der Waals surface area contributed by atoms with Crippen molar-refractivity contribution in [1.82, 2.24) is 0 Å². The minimum absolute atomic E-state index is 0.100. The van der Waals surface area contributed by atoms with Crippen LogP contribution < -0.4 is 0 Å². The Bertz CT molecular complexity index is 1890. The molecule has 0 N–H and O–H groups in total. The van der Waals surface area contributed by atoms with Gasteiger partial charge in [-0.25, -0.2) is 0 Å². The molecule has 0 aromatic rings. The van der Waals surface area contributed by atoms with Gasteiger partial charge in [0.25, 0.3) is 0 Å². The number of hydrogen-bond donors (Lipinski definition) is 0. The van der Waals surface area contributed by atoms with E-state index in [1.165, 1.54) is 51.4 Å². The van der Waals surface area contributed by atoms with Crippen LogP contribution in [-0.4, -0.2) is 37.2 Å². The van der Waals surface area contributed by atoms with Crippen molar-refractivity contribution in [2.45, 2.75) is 284 Å². The zero-order chi connectivity index (χ0) is 59.9. The molecule has 0 aliphatic heterocycles. The van der Waals surface area contributed by atoms with Crippen LogP contribution in [0.1, 0.15) is 278 Å². The van der Waals surface area contributed by atoms with E-state index < -0.39 is 6.10 Å². The van der Waals surface area contributed by atoms with E-state index in [-0.39, 0.29) is 31.1 Å². The van der Waals surface area contributed by atoms with Gasteiger partial charge in [0.2, 0.25) is 0 Å². The Morgan fingerprint density at radius 1 is 0.253 bits per heavy atom. The van der Waals surface area contributed by atoms with E-state index >= 15 is 0 Å². The molecule has 0 fully saturated rings. The molecular weight excluding hydrogens is 1020 g/mol. The third-order valence-corrected chi connectivity index (χ3v) is 13.7. The van der Waals surface area contributed by atoms with Crippen LogP contribution in [0.3, 0.4) is 0 Å². The topological polar surface area (TPSA) is 78.9 Å². The first-order valence-electron chi connectivity index (χ1n) is 33.6. The first kappa shape index (κ1) is 77.8. The molecule has 0 aliphatic carbocycles. The Morgan fingerprint density at radius 3 is 0.735 bits per heavy atom. The Morgan fingerprint density at radius 2 is 0.470 bits per heavy atom. The van der Waals surface area contributed by atoms with Crippen molar-refractivity contribution in [3.63, 3.8) is 0 Å². The van der Waals surface area contributed by atoms with Crippen LogP contribution in [0.15, 0.2) is 170 Å². The van der Waals surface area contributed by atoms with E-state index in [0.29, 0.717) is 19.3 Å². The molecule has 0 aliphatic rings. The van der Waals surface area contributed by atoms with Gasteiger partial charge in [0.15, 0.2) is 6.10 Å². The predicted molar refractivity (Wildman–Crippen MR) is 361 cm³/mol. The minimum Gasteiger partial charge on any atom is -0.462 e. The molecule has 0 amide bonds. The van der Waals surface area contributed by atoms with Crippen molar-refractivity contribution in [2.75, 3.05) is 13.2 Å². The van der Waals surface area contributed by atoms with Gasteiger partial charge in [-0.2, -0.15) is 0 Å². The summed E-state index contributed by atoms with van der Waals surface area (Å²) in [4.78, 5) is 38.4. The number of ether oxygens (including phenoxy) is 3. The Kier molecular flexibility index (Phi) is 64.9. The van der Waals surface area contributed by atoms with E-state index in [2.05, 4.69) is 191 Å². The second-order valence-electron chi connectivity index (χ2n) is 21.6. The maximum absolute atomic E-state index is 12.9. The molecule has 0 aromatic carbocycles. The highest BCUT2D eigenvalue weighted by atomic mass is 16.6. The summed E-state index contributed by atoms with van der Waals surface area (Å²) in [5, 5.41) is 0. The smallest absolute Gasteiger partial charge is 0.306 e. The van der Waals surface area contributed by atoms with Crippen LogP contribution in [0.4, 0.5) is 0 Å². The lowest BCUT2D eigenvalue weighted by atomic mass is 10.1. The van der Waals surface area contributed by atoms with Crippen molar-refractivity contribution < 1.29 is 28.6 Å². The van der Waals surface area contributed by atoms with E-state index in [4.69, 9.17) is 14.2 Å². The van der Waals surface area contributed by atoms with Gasteiger partial charge in [0.05, 0.1) is 0 Å². The Balaban J connectivity index is 4.40. The SMILES string of the molecule is CC/C=C\C/C=C\C/C=C\C/C=C\C/C=C\C/C=C\C/C=C\CCCCCCCCCC(=O)OCC(COC(=O)CCCCCCC/C=C\C/C=C\CCC)OC(=O)CCCCCCCCC/C=C\C/C=C\C/C=C\C/C=C\C/C=C\CC. The molecule has 1 atom stereocenters. The molecule has 6 nitrogen and oxygen atoms in total. The average molecular weight is 1140 g/mol. The molecule has 0 saturated heterocycles. The molecule has 0 heterocycles. The van der Waals surface area contributed by atoms with E-state index in [1.54, 1.807) is 0 Å². The largest absolute Gasteiger partial charge is 0.462 e. The third-order valence-electron chi connectivity index (χ3n) is 13.7. The Labute approximate surface area is 511 Å². The van der Waals surface area contributed by atoms with Gasteiger partial charge in [0.1, 0.15) is 13.2 Å². The fourth-order valence-electron chi connectivity index (χ4n) is 8.72. The number of carbonyl (C=O) groups excluding carboxylic acids is 3. The van der Waals surface area contributed by atoms with Crippen molar-refractivity contribution in [3.05, 3.63) is 170 Å². The van der Waals surface area contributed by atoms with Gasteiger partial charge >= 0.3 is 17.9 Å². The van der Waals surface area contributed by atoms with Crippen LogP contribution >= 0.6 is 0 Å². The molecule has 466 valence electrons. The number of rotatable bonds is 59. The number of esters is 3. The van der Waals surface area contributed by atoms with Crippen LogP contribution in [0.25, 0.3) is 0 Å². The molecule has 83 heavy (non-hydrogen) atoms. The summed E-state index contributed by atoms with van der Waals surface area (Å²) in [6.45, 7) is 6.32. The maximum atomic E-state index is 12.9. The summed E-state index contributed by atoms with van der Waals surface area (Å²) in [6, 6.07) is 0. The first-order chi connectivity index (χ1) is 41.0. The lowest BCUT2D eigenvalue weighted by Gasteiger charge is -2.18. The molecule has 1 unspecified atom stereocenters. The number of carbonyl (C=O) groups is 3. The fraction of sp³-hybridized carbons (Fsp3) is 0.597. The standard InChI is InChI=1S/C77H122O6/c1-4-7-10-13-16-19-22-25-27-29-31-33-35-36-37-38-39-40-42-43-45-47-49-52-55-58-61-64-67-70-76(79)82-73-74(72-81-75(78)69-66-63-60-57-54-51-24-21-18-15-12-9-6-3)83-77(80)71-68-65-62-59-56-53-50-48-46-44-41-34-32-30-28-26-23-20-17-14-11-8-5-2/h7-8,10-12,15-17,19-21,24-28,31-34,36-37,39-40,43-46,74H,4-6,9,13-14,18,22-23,29-30,35,38,41-42,47-73H2,1-3H3/b10-7-,11-8-,15-12-,19-16-,20-17-,24-21-,27-25-,28-26-,33-31-,34-32-,37-36-,40-39-,45-43-,46-44-. The van der Waals surface area contributed by atoms with E-state index in [1.807, 2.05) is 0 Å². The third kappa shape index (κ3) is 67.4. The van der Waals surface area contributed by atoms with Crippen molar-refractivity contribution >= 4 is 17.9 Å². The van der Waals surface area contributed by atoms with Gasteiger partial charge in [0, 0.05) is 19.3 Å². The van der Waals surface area contributed by atoms with E-state index in [9.17, 15) is 14.4 Å². The molecule has 0 bridgehead atoms. The molecule has 6 heteroatoms. The average Bonchev–Trinajstić information content (AvgIpc) is 3.49. The van der Waals surface area contributed by atoms with Gasteiger partial charge < -0.3 is 14.2 Å². The predicted octanol–water partition coefficient (Wildman–Crippen LogP) is 23.4. The fourth-order valence-corrected chi connectivity index (χ4v) is 8.72. The maximum Gasteiger partial charge on any atom is 0.306 e. The quantitative estimate of drug-likeness (QED) is 0.0261. The van der Waals surface area contributed by atoms with Gasteiger partial charge in [-0.3, -0.25) is 14.4 Å². The van der Waals surface area contributed by atoms with E-state index in [0.717, 1.165) is 186 Å². The molecule has 0 rings (SSSR count). The summed E-state index contributed by atoms with van der Waals surface area (Å²) in [6.07, 6.45) is 102. The summed E-state index contributed by atoms with van der Waals surface area (Å²) in [5.74, 6) is -0.938. The summed E-state index contributed by atoms with van der Waals surface area (Å²) in [5.41, 5.74) is 0. The molecule has 0 radical (unpaired) electrons. The summed E-state index contributed by atoms with van der Waals surface area (Å²) in [7, 11) is 0. The molecule has 0 aromatic heterocycles. The first-order valence-corrected chi connectivity index (χ1v) is 33.6. The normalized spacial score (nSPS) is 13.2. The zero-order valence-corrected chi connectivity index (χ0v) is 53.4. The minimum atomic E-state index is -0.805. The lowest BCUT2D eigenvalue weighted by molar-refractivity contribution is -0.167. The van der Waals surface area contributed by atoms with Gasteiger partial charge in [-0.05, 0) is 148 Å². The van der Waals surface area contributed by atoms with Crippen molar-refractivity contribution in [2.24, 2.45) is 0 Å². The molecule has 0 spiro atoms. The highest BCUT2D eigenvalue weighted by Gasteiger charge is 2.19. The van der Waals surface area contributed by atoms with Gasteiger partial charge in [-0.1, -0.05) is 281 Å². The molecular formula is C77H122O6. The van der Waals surface area contributed by atoms with Crippen LogP contribution in [0, 0.1) is 0 Å². The number of unbranched alkanes of at least 4 members (excludes halogenated alkanes) is 20. The Hall–Kier alpha value is -5.23. The number of allylic oxidation sites excluding steroid dienone is 28. The summed E-state index contributed by atoms with van der Waals surface area (Å²) >= 11 is 0. The second-order valence-corrected chi connectivity index (χ2v) is 21.6. The second kappa shape index (κ2) is 69.3. The zero-order valence-electron chi connectivity index (χ0n) is 53.4. The van der Waals surface area contributed by atoms with Crippen LogP contribution in [-0.2, 0) is 28.6 Å². The lowest BCUT2D eigenvalue weighted by Crippen LogP contribution is -2.30. The highest BCUT2D eigenvalue weighted by Crippen LogP contribution is 2.15. The highest BCUT2D eigenvalue weighted by molar-refractivity contribution is 5.71.